The first-order valence-corrected chi connectivity index (χ1v) is 22.8. The number of unbranched alkanes of at least 4 members (excludes halogenated alkanes) is 3. The number of esters is 1. The van der Waals surface area contributed by atoms with E-state index in [1.54, 1.807) is 0 Å². The summed E-state index contributed by atoms with van der Waals surface area (Å²) in [5.41, 5.74) is 3.56. The fourth-order valence-electron chi connectivity index (χ4n) is 5.95. The number of halogens is 1. The molecule has 0 N–H and O–H groups in total. The van der Waals surface area contributed by atoms with E-state index in [4.69, 9.17) is 21.1 Å². The zero-order valence-electron chi connectivity index (χ0n) is 23.9. The predicted molar refractivity (Wildman–Crippen MR) is 162 cm³/mol. The molecule has 3 nitrogen and oxygen atoms in total. The minimum absolute atomic E-state index is 0.133. The SMILES string of the molecule is CCC[CH2][Sn](/[CH]=C1\CC(c2ccc(Cl)cc2)OC(c2ccccc2)C(C(=O)OC)C1)([CH2]CCC)[CH2]CCC. The Morgan fingerprint density at radius 3 is 2.00 bits per heavy atom. The molecule has 0 aliphatic carbocycles. The van der Waals surface area contributed by atoms with Gasteiger partial charge in [-0.3, -0.25) is 0 Å². The van der Waals surface area contributed by atoms with Crippen LogP contribution in [0.15, 0.2) is 64.3 Å². The van der Waals surface area contributed by atoms with Crippen molar-refractivity contribution >= 4 is 35.9 Å². The molecule has 2 aromatic rings. The second-order valence-corrected chi connectivity index (χ2v) is 24.3. The van der Waals surface area contributed by atoms with Gasteiger partial charge in [-0.2, -0.15) is 0 Å². The Labute approximate surface area is 240 Å². The number of carbonyl (C=O) groups is 1. The summed E-state index contributed by atoms with van der Waals surface area (Å²) in [4.78, 5) is 13.3. The first-order valence-electron chi connectivity index (χ1n) is 14.7. The van der Waals surface area contributed by atoms with Crippen molar-refractivity contribution in [2.24, 2.45) is 5.92 Å². The number of hydrogen-bond donors (Lipinski definition) is 0. The molecule has 3 atom stereocenters. The van der Waals surface area contributed by atoms with Crippen LogP contribution in [0.25, 0.3) is 0 Å². The third-order valence-electron chi connectivity index (χ3n) is 8.07. The van der Waals surface area contributed by atoms with E-state index < -0.39 is 18.4 Å². The van der Waals surface area contributed by atoms with Crippen LogP contribution in [0.4, 0.5) is 0 Å². The fraction of sp³-hybridized carbons (Fsp3) is 0.545. The van der Waals surface area contributed by atoms with Crippen molar-refractivity contribution in [2.75, 3.05) is 7.11 Å². The molecule has 38 heavy (non-hydrogen) atoms. The number of methoxy groups -OCH3 is 1. The molecule has 1 heterocycles. The fourth-order valence-corrected chi connectivity index (χ4v) is 21.6. The summed E-state index contributed by atoms with van der Waals surface area (Å²) in [6.45, 7) is 6.95. The Hall–Kier alpha value is -1.30. The average molecular weight is 646 g/mol. The van der Waals surface area contributed by atoms with E-state index in [-0.39, 0.29) is 24.1 Å². The van der Waals surface area contributed by atoms with Gasteiger partial charge in [0.2, 0.25) is 0 Å². The van der Waals surface area contributed by atoms with Crippen LogP contribution in [0, 0.1) is 5.92 Å². The van der Waals surface area contributed by atoms with Crippen molar-refractivity contribution in [3.8, 4) is 0 Å². The summed E-state index contributed by atoms with van der Waals surface area (Å²) < 4.78 is 19.3. The Kier molecular flexibility index (Phi) is 13.2. The van der Waals surface area contributed by atoms with Gasteiger partial charge in [-0.15, -0.1) is 0 Å². The molecule has 0 amide bonds. The van der Waals surface area contributed by atoms with Crippen LogP contribution in [0.2, 0.25) is 18.3 Å². The Bertz CT molecular complexity index is 983. The topological polar surface area (TPSA) is 35.5 Å². The number of hydrogen-bond acceptors (Lipinski definition) is 3. The molecule has 0 radical (unpaired) electrons. The monoisotopic (exact) mass is 646 g/mol. The molecule has 5 heteroatoms. The number of benzene rings is 2. The standard InChI is InChI=1S/C21H20ClO3.3C4H9.Sn/c1-14-12-18(21(23)24-2)20(16-6-4-3-5-7-16)25-19(13-14)15-8-10-17(22)11-9-15;3*1-3-4-2;/h1,3-11,18-20H,12-13H2,2H3;3*1,3-4H2,2H3;. The normalized spacial score (nSPS) is 21.3. The molecule has 0 saturated carbocycles. The third-order valence-corrected chi connectivity index (χ3v) is 22.8. The molecule has 0 spiro atoms. The Morgan fingerprint density at radius 2 is 1.47 bits per heavy atom. The summed E-state index contributed by atoms with van der Waals surface area (Å²) in [6, 6.07) is 18.2. The molecule has 1 fully saturated rings. The Balaban J connectivity index is 2.12. The van der Waals surface area contributed by atoms with Gasteiger partial charge < -0.3 is 0 Å². The molecule has 0 bridgehead atoms. The summed E-state index contributed by atoms with van der Waals surface area (Å²) in [5, 5.41) is 0.721. The summed E-state index contributed by atoms with van der Waals surface area (Å²) >= 11 is 3.63. The molecule has 0 aromatic heterocycles. The van der Waals surface area contributed by atoms with Crippen molar-refractivity contribution < 1.29 is 14.3 Å². The van der Waals surface area contributed by atoms with Crippen molar-refractivity contribution in [1.29, 1.82) is 0 Å². The summed E-state index contributed by atoms with van der Waals surface area (Å²) in [7, 11) is 1.50. The predicted octanol–water partition coefficient (Wildman–Crippen LogP) is 10.0. The van der Waals surface area contributed by atoms with Gasteiger partial charge in [-0.1, -0.05) is 0 Å². The molecular weight excluding hydrogens is 599 g/mol. The number of ether oxygens (including phenoxy) is 2. The van der Waals surface area contributed by atoms with Crippen molar-refractivity contribution in [3.05, 3.63) is 80.4 Å². The van der Waals surface area contributed by atoms with Crippen LogP contribution in [0.5, 0.6) is 0 Å². The van der Waals surface area contributed by atoms with Crippen molar-refractivity contribution in [1.82, 2.24) is 0 Å². The molecule has 1 aliphatic heterocycles. The van der Waals surface area contributed by atoms with Crippen molar-refractivity contribution in [3.63, 3.8) is 0 Å². The van der Waals surface area contributed by atoms with Gasteiger partial charge in [0.25, 0.3) is 0 Å². The number of rotatable bonds is 13. The molecule has 3 unspecified atom stereocenters. The van der Waals surface area contributed by atoms with Gasteiger partial charge in [-0.25, -0.2) is 0 Å². The van der Waals surface area contributed by atoms with Crippen LogP contribution >= 0.6 is 11.6 Å². The maximum atomic E-state index is 13.3. The van der Waals surface area contributed by atoms with E-state index >= 15 is 0 Å². The zero-order chi connectivity index (χ0) is 27.4. The molecule has 2 aromatic carbocycles. The third kappa shape index (κ3) is 8.86. The maximum absolute atomic E-state index is 13.3. The van der Waals surface area contributed by atoms with Crippen LogP contribution in [-0.4, -0.2) is 31.5 Å². The Morgan fingerprint density at radius 1 is 0.895 bits per heavy atom. The van der Waals surface area contributed by atoms with Gasteiger partial charge in [0, 0.05) is 0 Å². The quantitative estimate of drug-likeness (QED) is 0.161. The van der Waals surface area contributed by atoms with E-state index in [0.717, 1.165) is 22.6 Å². The van der Waals surface area contributed by atoms with Crippen LogP contribution < -0.4 is 0 Å². The van der Waals surface area contributed by atoms with E-state index in [0.29, 0.717) is 6.42 Å². The van der Waals surface area contributed by atoms with E-state index in [9.17, 15) is 4.79 Å². The van der Waals surface area contributed by atoms with Crippen LogP contribution in [0.1, 0.15) is 95.5 Å². The van der Waals surface area contributed by atoms with Gasteiger partial charge in [-0.05, 0) is 0 Å². The first kappa shape index (κ1) is 31.2. The van der Waals surface area contributed by atoms with Gasteiger partial charge in [0.15, 0.2) is 0 Å². The van der Waals surface area contributed by atoms with E-state index in [2.05, 4.69) is 49.1 Å². The molecule has 1 saturated heterocycles. The van der Waals surface area contributed by atoms with Gasteiger partial charge in [0.05, 0.1) is 0 Å². The second-order valence-electron chi connectivity index (χ2n) is 11.0. The average Bonchev–Trinajstić information content (AvgIpc) is 3.14. The second kappa shape index (κ2) is 16.1. The zero-order valence-corrected chi connectivity index (χ0v) is 27.5. The molecule has 208 valence electrons. The van der Waals surface area contributed by atoms with E-state index in [1.165, 1.54) is 64.5 Å². The minimum atomic E-state index is -2.61. The van der Waals surface area contributed by atoms with Gasteiger partial charge in [0.1, 0.15) is 0 Å². The molecular formula is C33H47ClO3Sn. The molecule has 3 rings (SSSR count). The van der Waals surface area contributed by atoms with Crippen LogP contribution in [0.3, 0.4) is 0 Å². The van der Waals surface area contributed by atoms with Gasteiger partial charge >= 0.3 is 241 Å². The summed E-state index contributed by atoms with van der Waals surface area (Å²) in [5.74, 6) is -0.545. The van der Waals surface area contributed by atoms with E-state index in [1.807, 2.05) is 30.3 Å². The number of carbonyl (C=O) groups excluding carboxylic acids is 1. The first-order chi connectivity index (χ1) is 18.4. The molecule has 1 aliphatic rings. The van der Waals surface area contributed by atoms with Crippen molar-refractivity contribution in [2.45, 2.75) is 97.7 Å². The van der Waals surface area contributed by atoms with Crippen LogP contribution in [-0.2, 0) is 14.3 Å². The summed E-state index contributed by atoms with van der Waals surface area (Å²) in [6.07, 6.45) is 8.73.